The fourth-order valence-corrected chi connectivity index (χ4v) is 3.50. The minimum Gasteiger partial charge on any atom is -0.475 e. The van der Waals surface area contributed by atoms with Gasteiger partial charge in [-0.1, -0.05) is 17.7 Å². The van der Waals surface area contributed by atoms with Crippen molar-refractivity contribution in [3.63, 3.8) is 0 Å². The molecule has 1 saturated carbocycles. The molecule has 0 radical (unpaired) electrons. The number of hydrogen-bond acceptors (Lipinski definition) is 6. The lowest BCUT2D eigenvalue weighted by Crippen LogP contribution is -2.08. The minimum absolute atomic E-state index is 0.253. The Morgan fingerprint density at radius 1 is 1.21 bits per heavy atom. The molecule has 0 amide bonds. The van der Waals surface area contributed by atoms with Crippen LogP contribution in [0.25, 0.3) is 33.5 Å². The summed E-state index contributed by atoms with van der Waals surface area (Å²) in [6.45, 7) is 0.601. The minimum atomic E-state index is 0.253. The number of aromatic nitrogens is 5. The van der Waals surface area contributed by atoms with Crippen LogP contribution in [0, 0.1) is 5.92 Å². The highest BCUT2D eigenvalue weighted by Gasteiger charge is 2.24. The summed E-state index contributed by atoms with van der Waals surface area (Å²) in [5, 5.41) is 5.94. The first-order valence-electron chi connectivity index (χ1n) is 9.43. The second kappa shape index (κ2) is 7.00. The summed E-state index contributed by atoms with van der Waals surface area (Å²) in [7, 11) is 1.85. The van der Waals surface area contributed by atoms with Crippen LogP contribution >= 0.6 is 11.6 Å². The number of halogens is 1. The van der Waals surface area contributed by atoms with Crippen molar-refractivity contribution < 1.29 is 4.74 Å². The topological polar surface area (TPSA) is 91.7 Å². The van der Waals surface area contributed by atoms with Gasteiger partial charge in [0.2, 0.25) is 0 Å². The number of ether oxygens (including phenoxy) is 1. The number of nitrogens with zero attached hydrogens (tertiary/aromatic N) is 5. The highest BCUT2D eigenvalue weighted by Crippen LogP contribution is 2.36. The maximum absolute atomic E-state index is 6.51. The molecule has 0 bridgehead atoms. The van der Waals surface area contributed by atoms with Crippen LogP contribution in [0.15, 0.2) is 42.7 Å². The molecule has 0 unspecified atom stereocenters. The van der Waals surface area contributed by atoms with Gasteiger partial charge in [0, 0.05) is 30.4 Å². The van der Waals surface area contributed by atoms with E-state index in [9.17, 15) is 0 Å². The molecule has 3 aromatic heterocycles. The second-order valence-corrected chi connectivity index (χ2v) is 7.68. The number of benzene rings is 1. The van der Waals surface area contributed by atoms with E-state index in [-0.39, 0.29) is 5.82 Å². The highest BCUT2D eigenvalue weighted by molar-refractivity contribution is 6.35. The van der Waals surface area contributed by atoms with Crippen LogP contribution in [-0.2, 0) is 7.05 Å². The van der Waals surface area contributed by atoms with Gasteiger partial charge in [0.25, 0.3) is 5.88 Å². The van der Waals surface area contributed by atoms with Crippen molar-refractivity contribution in [1.29, 1.82) is 0 Å². The third kappa shape index (κ3) is 3.49. The fourth-order valence-electron chi connectivity index (χ4n) is 3.23. The van der Waals surface area contributed by atoms with Gasteiger partial charge in [-0.05, 0) is 43.0 Å². The van der Waals surface area contributed by atoms with Crippen LogP contribution in [0.4, 0.5) is 5.82 Å². The van der Waals surface area contributed by atoms with Crippen molar-refractivity contribution in [3.8, 4) is 28.5 Å². The van der Waals surface area contributed by atoms with Crippen molar-refractivity contribution in [2.24, 2.45) is 13.0 Å². The Bertz CT molecular complexity index is 1220. The number of aryl methyl sites for hydroxylation is 1. The predicted molar refractivity (Wildman–Crippen MR) is 113 cm³/mol. The maximum atomic E-state index is 6.51. The maximum Gasteiger partial charge on any atom is 0.257 e. The molecule has 0 atom stereocenters. The van der Waals surface area contributed by atoms with Crippen molar-refractivity contribution in [1.82, 2.24) is 24.7 Å². The largest absolute Gasteiger partial charge is 0.475 e. The lowest BCUT2D eigenvalue weighted by molar-refractivity contribution is 0.289. The van der Waals surface area contributed by atoms with Crippen molar-refractivity contribution >= 4 is 28.3 Å². The summed E-state index contributed by atoms with van der Waals surface area (Å²) in [5.41, 5.74) is 9.60. The van der Waals surface area contributed by atoms with E-state index in [4.69, 9.17) is 27.1 Å². The molecular formula is C21H19ClN6O. The summed E-state index contributed by atoms with van der Waals surface area (Å²) in [6, 6.07) is 9.55. The quantitative estimate of drug-likeness (QED) is 0.536. The van der Waals surface area contributed by atoms with Gasteiger partial charge in [0.05, 0.1) is 17.1 Å². The highest BCUT2D eigenvalue weighted by atomic mass is 35.5. The molecule has 146 valence electrons. The number of pyridine rings is 1. The van der Waals surface area contributed by atoms with Gasteiger partial charge in [-0.15, -0.1) is 0 Å². The van der Waals surface area contributed by atoms with Gasteiger partial charge in [-0.2, -0.15) is 5.10 Å². The average Bonchev–Trinajstić information content (AvgIpc) is 3.45. The molecule has 0 saturated heterocycles. The molecule has 0 aliphatic heterocycles. The first-order valence-corrected chi connectivity index (χ1v) is 9.81. The average molecular weight is 407 g/mol. The first kappa shape index (κ1) is 17.9. The molecule has 0 spiro atoms. The van der Waals surface area contributed by atoms with E-state index >= 15 is 0 Å². The lowest BCUT2D eigenvalue weighted by atomic mass is 10.0. The molecule has 8 heteroatoms. The normalized spacial score (nSPS) is 13.7. The third-order valence-electron chi connectivity index (χ3n) is 4.93. The van der Waals surface area contributed by atoms with Gasteiger partial charge >= 0.3 is 0 Å². The lowest BCUT2D eigenvalue weighted by Gasteiger charge is -2.13. The van der Waals surface area contributed by atoms with Gasteiger partial charge in [-0.3, -0.25) is 9.67 Å². The van der Waals surface area contributed by atoms with Crippen LogP contribution in [-0.4, -0.2) is 31.3 Å². The molecule has 1 aliphatic carbocycles. The molecule has 5 rings (SSSR count). The molecule has 2 N–H and O–H groups in total. The molecule has 1 aliphatic rings. The molecule has 7 nitrogen and oxygen atoms in total. The standard InChI is InChI=1S/C21H19ClN6O/c1-28-8-6-16(27-28)19-18(26-21(20(23)25-19)29-11-12-4-5-12)14-9-13-3-2-7-24-17(13)15(22)10-14/h2-3,6-10,12H,4-5,11H2,1H3,(H2,23,25). The zero-order valence-corrected chi connectivity index (χ0v) is 16.6. The van der Waals surface area contributed by atoms with Crippen LogP contribution in [0.3, 0.4) is 0 Å². The first-order chi connectivity index (χ1) is 14.1. The smallest absolute Gasteiger partial charge is 0.257 e. The second-order valence-electron chi connectivity index (χ2n) is 7.27. The fraction of sp³-hybridized carbons (Fsp3) is 0.238. The molecule has 4 aromatic rings. The summed E-state index contributed by atoms with van der Waals surface area (Å²) in [4.78, 5) is 13.7. The number of rotatable bonds is 5. The molecular weight excluding hydrogens is 388 g/mol. The molecule has 1 aromatic carbocycles. The Kier molecular flexibility index (Phi) is 4.32. The Morgan fingerprint density at radius 2 is 2.07 bits per heavy atom. The van der Waals surface area contributed by atoms with Crippen molar-refractivity contribution in [3.05, 3.63) is 47.7 Å². The van der Waals surface area contributed by atoms with Crippen LogP contribution in [0.5, 0.6) is 5.88 Å². The summed E-state index contributed by atoms with van der Waals surface area (Å²) in [5.74, 6) is 1.17. The Hall–Kier alpha value is -3.19. The van der Waals surface area contributed by atoms with Gasteiger partial charge in [0.15, 0.2) is 5.82 Å². The van der Waals surface area contributed by atoms with E-state index in [0.717, 1.165) is 16.5 Å². The zero-order chi connectivity index (χ0) is 20.0. The van der Waals surface area contributed by atoms with E-state index in [1.807, 2.05) is 43.6 Å². The Morgan fingerprint density at radius 3 is 2.83 bits per heavy atom. The predicted octanol–water partition coefficient (Wildman–Crippen LogP) is 4.12. The zero-order valence-electron chi connectivity index (χ0n) is 15.8. The number of nitrogens with two attached hydrogens (primary N) is 1. The number of anilines is 1. The van der Waals surface area contributed by atoms with E-state index in [1.165, 1.54) is 12.8 Å². The van der Waals surface area contributed by atoms with Crippen LogP contribution < -0.4 is 10.5 Å². The van der Waals surface area contributed by atoms with E-state index in [2.05, 4.69) is 15.1 Å². The summed E-state index contributed by atoms with van der Waals surface area (Å²) in [6.07, 6.45) is 5.94. The SMILES string of the molecule is Cn1ccc(-c2nc(N)c(OCC3CC3)nc2-c2cc(Cl)c3ncccc3c2)n1. The molecule has 29 heavy (non-hydrogen) atoms. The van der Waals surface area contributed by atoms with Crippen molar-refractivity contribution in [2.75, 3.05) is 12.3 Å². The van der Waals surface area contributed by atoms with E-state index in [0.29, 0.717) is 40.5 Å². The van der Waals surface area contributed by atoms with Gasteiger partial charge < -0.3 is 10.5 Å². The van der Waals surface area contributed by atoms with E-state index in [1.54, 1.807) is 10.9 Å². The Balaban J connectivity index is 1.69. The third-order valence-corrected chi connectivity index (χ3v) is 5.22. The van der Waals surface area contributed by atoms with E-state index < -0.39 is 0 Å². The van der Waals surface area contributed by atoms with Gasteiger partial charge in [-0.25, -0.2) is 9.97 Å². The number of fused-ring (bicyclic) bond motifs is 1. The summed E-state index contributed by atoms with van der Waals surface area (Å²) >= 11 is 6.51. The molecule has 3 heterocycles. The van der Waals surface area contributed by atoms with Gasteiger partial charge in [0.1, 0.15) is 17.1 Å². The monoisotopic (exact) mass is 406 g/mol. The number of nitrogen functional groups attached to an aromatic ring is 1. The number of hydrogen-bond donors (Lipinski definition) is 1. The van der Waals surface area contributed by atoms with Crippen molar-refractivity contribution in [2.45, 2.75) is 12.8 Å². The van der Waals surface area contributed by atoms with Crippen LogP contribution in [0.1, 0.15) is 12.8 Å². The molecule has 1 fully saturated rings. The Labute approximate surface area is 172 Å². The summed E-state index contributed by atoms with van der Waals surface area (Å²) < 4.78 is 7.58. The van der Waals surface area contributed by atoms with Crippen LogP contribution in [0.2, 0.25) is 5.02 Å².